The number of hydrogen-bond donors (Lipinski definition) is 1. The van der Waals surface area contributed by atoms with E-state index in [9.17, 15) is 13.2 Å². The molecule has 1 aliphatic rings. The van der Waals surface area contributed by atoms with Crippen LogP contribution in [0.5, 0.6) is 5.75 Å². The number of amides is 1. The van der Waals surface area contributed by atoms with Crippen molar-refractivity contribution in [1.29, 1.82) is 0 Å². The summed E-state index contributed by atoms with van der Waals surface area (Å²) in [7, 11) is -1.72. The lowest BCUT2D eigenvalue weighted by molar-refractivity contribution is 0.0760. The Bertz CT molecular complexity index is 1110. The summed E-state index contributed by atoms with van der Waals surface area (Å²) in [6.07, 6.45) is 0.391. The Hall–Kier alpha value is -2.65. The SMILES string of the molecule is COc1ccccc1-c1cc(C(=O)N2CCC(c3cccs3)S(=O)(=O)CC2)[nH]n1. The van der Waals surface area contributed by atoms with E-state index in [4.69, 9.17) is 4.74 Å². The molecule has 3 heterocycles. The molecular weight excluding hydrogens is 410 g/mol. The molecule has 1 amide bonds. The summed E-state index contributed by atoms with van der Waals surface area (Å²) in [4.78, 5) is 15.4. The van der Waals surface area contributed by atoms with Crippen LogP contribution in [0.1, 0.15) is 27.0 Å². The molecule has 2 aromatic heterocycles. The average Bonchev–Trinajstić information content (AvgIpc) is 3.39. The van der Waals surface area contributed by atoms with Gasteiger partial charge in [0.15, 0.2) is 9.84 Å². The van der Waals surface area contributed by atoms with Crippen molar-refractivity contribution in [3.63, 3.8) is 0 Å². The van der Waals surface area contributed by atoms with Gasteiger partial charge in [0.2, 0.25) is 0 Å². The number of aromatic nitrogens is 2. The second kappa shape index (κ2) is 8.00. The molecule has 29 heavy (non-hydrogen) atoms. The number of H-pyrrole nitrogens is 1. The fourth-order valence-electron chi connectivity index (χ4n) is 3.54. The lowest BCUT2D eigenvalue weighted by Gasteiger charge is -2.18. The number of carbonyl (C=O) groups is 1. The molecule has 1 N–H and O–H groups in total. The number of benzene rings is 1. The minimum atomic E-state index is -3.30. The first kappa shape index (κ1) is 19.7. The Balaban J connectivity index is 1.54. The van der Waals surface area contributed by atoms with Gasteiger partial charge < -0.3 is 9.64 Å². The Labute approximate surface area is 173 Å². The Morgan fingerprint density at radius 2 is 2.07 bits per heavy atom. The smallest absolute Gasteiger partial charge is 0.271 e. The van der Waals surface area contributed by atoms with E-state index in [1.54, 1.807) is 18.1 Å². The number of aromatic amines is 1. The topological polar surface area (TPSA) is 92.4 Å². The van der Waals surface area contributed by atoms with Crippen LogP contribution in [0.2, 0.25) is 0 Å². The van der Waals surface area contributed by atoms with E-state index in [2.05, 4.69) is 10.2 Å². The Morgan fingerprint density at radius 1 is 1.24 bits per heavy atom. The summed E-state index contributed by atoms with van der Waals surface area (Å²) in [5.74, 6) is 0.368. The van der Waals surface area contributed by atoms with Crippen molar-refractivity contribution in [1.82, 2.24) is 15.1 Å². The third-order valence-corrected chi connectivity index (χ3v) is 8.32. The molecule has 1 aromatic carbocycles. The molecule has 7 nitrogen and oxygen atoms in total. The van der Waals surface area contributed by atoms with Crippen molar-refractivity contribution in [3.8, 4) is 17.0 Å². The summed E-state index contributed by atoms with van der Waals surface area (Å²) in [5.41, 5.74) is 1.71. The van der Waals surface area contributed by atoms with Gasteiger partial charge >= 0.3 is 0 Å². The third-order valence-electron chi connectivity index (χ3n) is 5.08. The molecule has 1 aliphatic heterocycles. The third kappa shape index (κ3) is 3.92. The highest BCUT2D eigenvalue weighted by molar-refractivity contribution is 7.91. The van der Waals surface area contributed by atoms with Gasteiger partial charge in [0.1, 0.15) is 11.4 Å². The van der Waals surface area contributed by atoms with Crippen molar-refractivity contribution in [2.45, 2.75) is 11.7 Å². The van der Waals surface area contributed by atoms with E-state index in [1.807, 2.05) is 41.8 Å². The number of carbonyl (C=O) groups excluding carboxylic acids is 1. The van der Waals surface area contributed by atoms with E-state index >= 15 is 0 Å². The highest BCUT2D eigenvalue weighted by Crippen LogP contribution is 2.33. The maximum atomic E-state index is 13.0. The highest BCUT2D eigenvalue weighted by atomic mass is 32.2. The molecule has 152 valence electrons. The molecule has 0 radical (unpaired) electrons. The Kier molecular flexibility index (Phi) is 5.42. The first-order valence-corrected chi connectivity index (χ1v) is 11.8. The molecular formula is C20H21N3O4S2. The summed E-state index contributed by atoms with van der Waals surface area (Å²) in [6, 6.07) is 12.8. The van der Waals surface area contributed by atoms with Gasteiger partial charge in [-0.25, -0.2) is 8.42 Å². The minimum Gasteiger partial charge on any atom is -0.496 e. The number of para-hydroxylation sites is 1. The van der Waals surface area contributed by atoms with E-state index in [1.165, 1.54) is 11.3 Å². The minimum absolute atomic E-state index is 0.0468. The van der Waals surface area contributed by atoms with Crippen LogP contribution in [0.4, 0.5) is 0 Å². The number of rotatable bonds is 4. The maximum absolute atomic E-state index is 13.0. The predicted molar refractivity (Wildman–Crippen MR) is 112 cm³/mol. The molecule has 3 aromatic rings. The van der Waals surface area contributed by atoms with Crippen LogP contribution in [-0.4, -0.2) is 55.4 Å². The Morgan fingerprint density at radius 3 is 2.83 bits per heavy atom. The zero-order valence-corrected chi connectivity index (χ0v) is 17.5. The summed E-state index contributed by atoms with van der Waals surface area (Å²) in [6.45, 7) is 0.551. The summed E-state index contributed by atoms with van der Waals surface area (Å²) >= 11 is 1.44. The lowest BCUT2D eigenvalue weighted by atomic mass is 10.1. The second-order valence-corrected chi connectivity index (χ2v) is 10.1. The summed E-state index contributed by atoms with van der Waals surface area (Å²) < 4.78 is 30.8. The largest absolute Gasteiger partial charge is 0.496 e. The van der Waals surface area contributed by atoms with Crippen LogP contribution in [0.25, 0.3) is 11.3 Å². The van der Waals surface area contributed by atoms with E-state index in [-0.39, 0.29) is 18.2 Å². The van der Waals surface area contributed by atoms with Gasteiger partial charge in [-0.3, -0.25) is 9.89 Å². The van der Waals surface area contributed by atoms with Crippen molar-refractivity contribution >= 4 is 27.1 Å². The first-order chi connectivity index (χ1) is 14.0. The molecule has 1 unspecified atom stereocenters. The molecule has 4 rings (SSSR count). The number of nitrogens with zero attached hydrogens (tertiary/aromatic N) is 2. The van der Waals surface area contributed by atoms with Gasteiger partial charge in [0.05, 0.1) is 23.8 Å². The average molecular weight is 432 g/mol. The van der Waals surface area contributed by atoms with Crippen molar-refractivity contribution < 1.29 is 17.9 Å². The van der Waals surface area contributed by atoms with Crippen LogP contribution in [-0.2, 0) is 9.84 Å². The van der Waals surface area contributed by atoms with Crippen LogP contribution in [0.15, 0.2) is 47.8 Å². The van der Waals surface area contributed by atoms with E-state index < -0.39 is 15.1 Å². The van der Waals surface area contributed by atoms with Gasteiger partial charge in [-0.1, -0.05) is 18.2 Å². The number of hydrogen-bond acceptors (Lipinski definition) is 6. The molecule has 0 spiro atoms. The van der Waals surface area contributed by atoms with Crippen molar-refractivity contribution in [3.05, 3.63) is 58.4 Å². The molecule has 0 saturated carbocycles. The van der Waals surface area contributed by atoms with Crippen LogP contribution in [0.3, 0.4) is 0 Å². The standard InChI is InChI=1S/C20H21N3O4S2/c1-27-17-6-3-2-5-14(17)15-13-16(22-21-15)20(24)23-9-8-19(18-7-4-11-28-18)29(25,26)12-10-23/h2-7,11,13,19H,8-10,12H2,1H3,(H,21,22). The second-order valence-electron chi connectivity index (χ2n) is 6.82. The maximum Gasteiger partial charge on any atom is 0.271 e. The molecule has 0 aliphatic carbocycles. The molecule has 1 saturated heterocycles. The molecule has 9 heteroatoms. The monoisotopic (exact) mass is 431 g/mol. The predicted octanol–water partition coefficient (Wildman–Crippen LogP) is 3.15. The highest BCUT2D eigenvalue weighted by Gasteiger charge is 2.33. The first-order valence-electron chi connectivity index (χ1n) is 9.22. The van der Waals surface area contributed by atoms with Gasteiger partial charge in [-0.2, -0.15) is 5.10 Å². The van der Waals surface area contributed by atoms with Gasteiger partial charge in [0.25, 0.3) is 5.91 Å². The number of nitrogens with one attached hydrogen (secondary N) is 1. The summed E-state index contributed by atoms with van der Waals surface area (Å²) in [5, 5.41) is 8.37. The number of thiophene rings is 1. The van der Waals surface area contributed by atoms with Crippen LogP contribution in [0, 0.1) is 0 Å². The van der Waals surface area contributed by atoms with Gasteiger partial charge in [0, 0.05) is 23.5 Å². The van der Waals surface area contributed by atoms with Gasteiger partial charge in [-0.15, -0.1) is 11.3 Å². The van der Waals surface area contributed by atoms with Gasteiger partial charge in [-0.05, 0) is 36.1 Å². The van der Waals surface area contributed by atoms with E-state index in [0.717, 1.165) is 10.4 Å². The lowest BCUT2D eigenvalue weighted by Crippen LogP contribution is -2.33. The fourth-order valence-corrected chi connectivity index (χ4v) is 6.54. The van der Waals surface area contributed by atoms with Crippen LogP contribution >= 0.6 is 11.3 Å². The van der Waals surface area contributed by atoms with Crippen LogP contribution < -0.4 is 4.74 Å². The molecule has 0 bridgehead atoms. The number of methoxy groups -OCH3 is 1. The quantitative estimate of drug-likeness (QED) is 0.685. The molecule has 1 atom stereocenters. The number of ether oxygens (including phenoxy) is 1. The van der Waals surface area contributed by atoms with E-state index in [0.29, 0.717) is 30.1 Å². The zero-order chi connectivity index (χ0) is 20.4. The zero-order valence-electron chi connectivity index (χ0n) is 15.9. The number of sulfone groups is 1. The van der Waals surface area contributed by atoms with Crippen molar-refractivity contribution in [2.75, 3.05) is 26.0 Å². The normalized spacial score (nSPS) is 18.9. The van der Waals surface area contributed by atoms with Crippen molar-refractivity contribution in [2.24, 2.45) is 0 Å². The molecule has 1 fully saturated rings. The fraction of sp³-hybridized carbons (Fsp3) is 0.300.